The van der Waals surface area contributed by atoms with E-state index in [0.717, 1.165) is 41.2 Å². The minimum atomic E-state index is -0.149. The molecule has 0 bridgehead atoms. The average Bonchev–Trinajstić information content (AvgIpc) is 2.60. The van der Waals surface area contributed by atoms with Gasteiger partial charge < -0.3 is 0 Å². The predicted octanol–water partition coefficient (Wildman–Crippen LogP) is 3.09. The molecule has 0 spiro atoms. The Morgan fingerprint density at radius 2 is 2.07 bits per heavy atom. The van der Waals surface area contributed by atoms with E-state index in [9.17, 15) is 4.39 Å². The molecule has 1 aromatic heterocycles. The smallest absolute Gasteiger partial charge is 0.129 e. The van der Waals surface area contributed by atoms with E-state index in [4.69, 9.17) is 0 Å². The van der Waals surface area contributed by atoms with E-state index in [1.165, 1.54) is 0 Å². The summed E-state index contributed by atoms with van der Waals surface area (Å²) < 4.78 is 21.9. The third-order valence-corrected chi connectivity index (χ3v) is 2.81. The Kier molecular flexibility index (Phi) is 2.46. The molecule has 0 fully saturated rings. The minimum Gasteiger partial charge on any atom is -0.207 e. The summed E-state index contributed by atoms with van der Waals surface area (Å²) in [4.78, 5) is 0. The number of hydrogen-bond acceptors (Lipinski definition) is 3. The van der Waals surface area contributed by atoms with Gasteiger partial charge in [-0.25, -0.2) is 4.39 Å². The lowest BCUT2D eigenvalue weighted by Gasteiger charge is -2.03. The summed E-state index contributed by atoms with van der Waals surface area (Å²) in [5.41, 5.74) is 3.17. The van der Waals surface area contributed by atoms with Gasteiger partial charge in [-0.3, -0.25) is 0 Å². The molecule has 0 N–H and O–H groups in total. The number of nitrogens with zero attached hydrogens (tertiary/aromatic N) is 2. The second-order valence-corrected chi connectivity index (χ2v) is 3.89. The summed E-state index contributed by atoms with van der Waals surface area (Å²) in [6.07, 6.45) is 1.65. The molecule has 0 saturated heterocycles. The van der Waals surface area contributed by atoms with E-state index in [1.807, 2.05) is 13.8 Å². The van der Waals surface area contributed by atoms with Crippen molar-refractivity contribution in [2.45, 2.75) is 26.7 Å². The van der Waals surface area contributed by atoms with Crippen LogP contribution in [0.1, 0.15) is 24.5 Å². The van der Waals surface area contributed by atoms with E-state index < -0.39 is 0 Å². The van der Waals surface area contributed by atoms with Crippen molar-refractivity contribution in [2.24, 2.45) is 0 Å². The Morgan fingerprint density at radius 1 is 1.36 bits per heavy atom. The number of rotatable bonds is 2. The topological polar surface area (TPSA) is 25.8 Å². The van der Waals surface area contributed by atoms with Crippen LogP contribution in [0.15, 0.2) is 6.07 Å². The Balaban J connectivity index is 2.73. The van der Waals surface area contributed by atoms with Crippen LogP contribution >= 0.6 is 11.7 Å². The summed E-state index contributed by atoms with van der Waals surface area (Å²) in [5.74, 6) is -0.149. The van der Waals surface area contributed by atoms with Crippen LogP contribution in [-0.4, -0.2) is 8.75 Å². The maximum Gasteiger partial charge on any atom is 0.129 e. The molecule has 0 aliphatic heterocycles. The fourth-order valence-electron chi connectivity index (χ4n) is 1.59. The number of fused-ring (bicyclic) bond motifs is 1. The highest BCUT2D eigenvalue weighted by atomic mass is 32.1. The molecule has 0 unspecified atom stereocenters. The SMILES string of the molecule is CCCc1c(F)cc(C)c2nsnc12. The van der Waals surface area contributed by atoms with Gasteiger partial charge >= 0.3 is 0 Å². The maximum atomic E-state index is 13.6. The van der Waals surface area contributed by atoms with Crippen molar-refractivity contribution in [2.75, 3.05) is 0 Å². The van der Waals surface area contributed by atoms with Crippen molar-refractivity contribution in [3.8, 4) is 0 Å². The van der Waals surface area contributed by atoms with E-state index >= 15 is 0 Å². The molecule has 0 amide bonds. The molecule has 74 valence electrons. The van der Waals surface area contributed by atoms with Crippen LogP contribution in [0.2, 0.25) is 0 Å². The summed E-state index contributed by atoms with van der Waals surface area (Å²) in [6.45, 7) is 3.90. The van der Waals surface area contributed by atoms with Gasteiger partial charge in [0.15, 0.2) is 0 Å². The normalized spacial score (nSPS) is 11.1. The second kappa shape index (κ2) is 3.61. The first-order chi connectivity index (χ1) is 6.74. The van der Waals surface area contributed by atoms with Gasteiger partial charge in [0, 0.05) is 5.56 Å². The van der Waals surface area contributed by atoms with E-state index in [2.05, 4.69) is 8.75 Å². The lowest BCUT2D eigenvalue weighted by molar-refractivity contribution is 0.609. The first-order valence-corrected chi connectivity index (χ1v) is 5.37. The molecule has 2 nitrogen and oxygen atoms in total. The van der Waals surface area contributed by atoms with Crippen molar-refractivity contribution in [1.29, 1.82) is 0 Å². The molecule has 2 aromatic rings. The molecule has 1 heterocycles. The monoisotopic (exact) mass is 210 g/mol. The van der Waals surface area contributed by atoms with Crippen molar-refractivity contribution in [3.05, 3.63) is 23.0 Å². The number of aryl methyl sites for hydroxylation is 2. The first kappa shape index (κ1) is 9.52. The number of aromatic nitrogens is 2. The zero-order valence-corrected chi connectivity index (χ0v) is 8.99. The van der Waals surface area contributed by atoms with Crippen LogP contribution in [0.25, 0.3) is 11.0 Å². The number of halogens is 1. The van der Waals surface area contributed by atoms with Crippen molar-refractivity contribution >= 4 is 22.8 Å². The standard InChI is InChI=1S/C10H11FN2S/c1-3-4-7-8(11)5-6(2)9-10(7)13-14-12-9/h5H,3-4H2,1-2H3. The van der Waals surface area contributed by atoms with Crippen molar-refractivity contribution in [3.63, 3.8) is 0 Å². The lowest BCUT2D eigenvalue weighted by atomic mass is 10.0. The van der Waals surface area contributed by atoms with Gasteiger partial charge in [0.05, 0.1) is 11.7 Å². The molecule has 0 aliphatic rings. The summed E-state index contributed by atoms with van der Waals surface area (Å²) in [6, 6.07) is 1.55. The molecule has 0 aliphatic carbocycles. The van der Waals surface area contributed by atoms with Gasteiger partial charge in [0.2, 0.25) is 0 Å². The quantitative estimate of drug-likeness (QED) is 0.761. The summed E-state index contributed by atoms with van der Waals surface area (Å²) in [7, 11) is 0. The van der Waals surface area contributed by atoms with Gasteiger partial charge in [-0.2, -0.15) is 8.75 Å². The summed E-state index contributed by atoms with van der Waals surface area (Å²) >= 11 is 1.15. The van der Waals surface area contributed by atoms with Crippen LogP contribution in [0.4, 0.5) is 4.39 Å². The molecular formula is C10H11FN2S. The van der Waals surface area contributed by atoms with Gasteiger partial charge in [-0.15, -0.1) is 0 Å². The minimum absolute atomic E-state index is 0.149. The second-order valence-electron chi connectivity index (χ2n) is 3.37. The van der Waals surface area contributed by atoms with Crippen LogP contribution in [0, 0.1) is 12.7 Å². The van der Waals surface area contributed by atoms with Crippen molar-refractivity contribution < 1.29 is 4.39 Å². The fourth-order valence-corrected chi connectivity index (χ4v) is 2.22. The van der Waals surface area contributed by atoms with Crippen LogP contribution in [-0.2, 0) is 6.42 Å². The van der Waals surface area contributed by atoms with Gasteiger partial charge in [0.25, 0.3) is 0 Å². The van der Waals surface area contributed by atoms with Crippen LogP contribution in [0.3, 0.4) is 0 Å². The molecule has 0 atom stereocenters. The average molecular weight is 210 g/mol. The van der Waals surface area contributed by atoms with Gasteiger partial charge in [0.1, 0.15) is 16.9 Å². The highest BCUT2D eigenvalue weighted by molar-refractivity contribution is 7.00. The number of hydrogen-bond donors (Lipinski definition) is 0. The highest BCUT2D eigenvalue weighted by Crippen LogP contribution is 2.24. The molecule has 14 heavy (non-hydrogen) atoms. The molecule has 4 heteroatoms. The van der Waals surface area contributed by atoms with E-state index in [1.54, 1.807) is 6.07 Å². The Bertz CT molecular complexity index is 464. The molecule has 0 saturated carbocycles. The van der Waals surface area contributed by atoms with Gasteiger partial charge in [-0.05, 0) is 25.0 Å². The molecule has 1 aromatic carbocycles. The Hall–Kier alpha value is -1.03. The highest BCUT2D eigenvalue weighted by Gasteiger charge is 2.12. The largest absolute Gasteiger partial charge is 0.207 e. The molecule has 2 rings (SSSR count). The third kappa shape index (κ3) is 1.39. The lowest BCUT2D eigenvalue weighted by Crippen LogP contribution is -1.93. The zero-order chi connectivity index (χ0) is 10.1. The Morgan fingerprint density at radius 3 is 2.79 bits per heavy atom. The van der Waals surface area contributed by atoms with Crippen molar-refractivity contribution in [1.82, 2.24) is 8.75 Å². The number of benzene rings is 1. The van der Waals surface area contributed by atoms with Gasteiger partial charge in [-0.1, -0.05) is 13.3 Å². The first-order valence-electron chi connectivity index (χ1n) is 4.64. The fraction of sp³-hybridized carbons (Fsp3) is 0.400. The Labute approximate surface area is 86.1 Å². The maximum absolute atomic E-state index is 13.6. The predicted molar refractivity (Wildman–Crippen MR) is 56.1 cm³/mol. The van der Waals surface area contributed by atoms with E-state index in [0.29, 0.717) is 5.56 Å². The molecular weight excluding hydrogens is 199 g/mol. The summed E-state index contributed by atoms with van der Waals surface area (Å²) in [5, 5.41) is 0. The van der Waals surface area contributed by atoms with Crippen LogP contribution in [0.5, 0.6) is 0 Å². The third-order valence-electron chi connectivity index (χ3n) is 2.28. The van der Waals surface area contributed by atoms with Crippen LogP contribution < -0.4 is 0 Å². The zero-order valence-electron chi connectivity index (χ0n) is 8.17. The van der Waals surface area contributed by atoms with E-state index in [-0.39, 0.29) is 5.82 Å². The molecule has 0 radical (unpaired) electrons.